The minimum absolute atomic E-state index is 0. The van der Waals surface area contributed by atoms with Gasteiger partial charge in [-0.3, -0.25) is 24.1 Å². The van der Waals surface area contributed by atoms with Gasteiger partial charge >= 0.3 is 0 Å². The zero-order valence-corrected chi connectivity index (χ0v) is 28.6. The van der Waals surface area contributed by atoms with Crippen LogP contribution in [0.15, 0.2) is 96.2 Å². The molecule has 4 aromatic heterocycles. The molecule has 0 bridgehead atoms. The van der Waals surface area contributed by atoms with Gasteiger partial charge < -0.3 is 24.8 Å². The highest BCUT2D eigenvalue weighted by atomic mass is 35.5. The highest BCUT2D eigenvalue weighted by Crippen LogP contribution is 2.39. The Morgan fingerprint density at radius 2 is 1.84 bits per heavy atom. The van der Waals surface area contributed by atoms with Crippen molar-refractivity contribution in [3.05, 3.63) is 125 Å². The predicted octanol–water partition coefficient (Wildman–Crippen LogP) is 7.39. The molecule has 50 heavy (non-hydrogen) atoms. The van der Waals surface area contributed by atoms with Gasteiger partial charge in [-0.05, 0) is 61.0 Å². The lowest BCUT2D eigenvalue weighted by molar-refractivity contribution is 0.102. The number of pyridine rings is 3. The van der Waals surface area contributed by atoms with Crippen molar-refractivity contribution in [2.24, 2.45) is 0 Å². The summed E-state index contributed by atoms with van der Waals surface area (Å²) in [5.41, 5.74) is 1.75. The lowest BCUT2D eigenvalue weighted by Gasteiger charge is -2.14. The number of carbonyl (C=O) groups is 1. The summed E-state index contributed by atoms with van der Waals surface area (Å²) in [6.45, 7) is 3.94. The number of rotatable bonds is 13. The second-order valence-electron chi connectivity index (χ2n) is 10.7. The average Bonchev–Trinajstić information content (AvgIpc) is 3.54. The molecule has 0 aliphatic heterocycles. The van der Waals surface area contributed by atoms with Crippen molar-refractivity contribution in [2.45, 2.75) is 13.5 Å². The Morgan fingerprint density at radius 1 is 0.980 bits per heavy atom. The van der Waals surface area contributed by atoms with Crippen LogP contribution in [-0.4, -0.2) is 47.3 Å². The van der Waals surface area contributed by atoms with Crippen molar-refractivity contribution in [1.82, 2.24) is 19.9 Å². The molecule has 6 rings (SSSR count). The summed E-state index contributed by atoms with van der Waals surface area (Å²) in [6, 6.07) is 18.3. The number of halogens is 3. The summed E-state index contributed by atoms with van der Waals surface area (Å²) in [6.07, 6.45) is 4.79. The van der Waals surface area contributed by atoms with Crippen molar-refractivity contribution in [3.8, 4) is 33.5 Å². The molecule has 2 N–H and O–H groups in total. The smallest absolute Gasteiger partial charge is 0.271 e. The topological polar surface area (TPSA) is 117 Å². The van der Waals surface area contributed by atoms with Gasteiger partial charge in [0.1, 0.15) is 22.9 Å². The van der Waals surface area contributed by atoms with Crippen LogP contribution in [0, 0.1) is 11.6 Å². The summed E-state index contributed by atoms with van der Waals surface area (Å²) in [7, 11) is 1.66. The Hall–Kier alpha value is -5.21. The molecule has 0 atom stereocenters. The van der Waals surface area contributed by atoms with Gasteiger partial charge in [-0.2, -0.15) is 0 Å². The fourth-order valence-corrected chi connectivity index (χ4v) is 6.05. The van der Waals surface area contributed by atoms with Crippen LogP contribution in [0.2, 0.25) is 0 Å². The van der Waals surface area contributed by atoms with Gasteiger partial charge in [0, 0.05) is 56.6 Å². The molecule has 0 aliphatic rings. The highest BCUT2D eigenvalue weighted by molar-refractivity contribution is 7.22. The summed E-state index contributed by atoms with van der Waals surface area (Å²) >= 11 is 1.42. The van der Waals surface area contributed by atoms with Crippen LogP contribution in [0.5, 0.6) is 17.2 Å². The van der Waals surface area contributed by atoms with Crippen molar-refractivity contribution in [2.75, 3.05) is 32.2 Å². The summed E-state index contributed by atoms with van der Waals surface area (Å²) in [4.78, 5) is 36.7. The number of methoxy groups -OCH3 is 1. The molecule has 6 aromatic rings. The molecule has 4 heterocycles. The third-order valence-corrected chi connectivity index (χ3v) is 8.50. The molecule has 0 radical (unpaired) electrons. The van der Waals surface area contributed by atoms with Gasteiger partial charge in [0.25, 0.3) is 11.5 Å². The lowest BCUT2D eigenvalue weighted by Crippen LogP contribution is -2.29. The third kappa shape index (κ3) is 8.14. The Bertz CT molecular complexity index is 2180. The standard InChI is InChI=1S/C36H31F2N5O5S.ClH/c1-3-47-30-12-15-43(25-6-4-5-23(37)17-25)36(45)33(30)35(44)42-24-8-10-29(26(38)18-24)48-31-11-13-40-28-19-32(49-34(28)31)27-9-7-22(21-41-27)20-39-14-16-46-2;/h4-13,15,17-19,21,39H,3,14,16,20H2,1-2H3,(H,42,44);1H. The summed E-state index contributed by atoms with van der Waals surface area (Å²) in [5.74, 6) is -1.74. The van der Waals surface area contributed by atoms with Gasteiger partial charge in [0.05, 0.1) is 39.7 Å². The monoisotopic (exact) mass is 719 g/mol. The molecule has 10 nitrogen and oxygen atoms in total. The maximum atomic E-state index is 15.4. The number of thiophene rings is 1. The number of nitrogens with one attached hydrogen (secondary N) is 2. The summed E-state index contributed by atoms with van der Waals surface area (Å²) < 4.78 is 47.7. The molecule has 258 valence electrons. The number of hydrogen-bond acceptors (Lipinski definition) is 9. The SMILES string of the molecule is CCOc1ccn(-c2cccc(F)c2)c(=O)c1C(=O)Nc1ccc(Oc2ccnc3cc(-c4ccc(CNCCOC)cn4)sc23)c(F)c1.Cl. The number of aromatic nitrogens is 3. The number of nitrogens with zero attached hydrogens (tertiary/aromatic N) is 3. The van der Waals surface area contributed by atoms with Crippen LogP contribution < -0.4 is 25.7 Å². The van der Waals surface area contributed by atoms with Crippen LogP contribution >= 0.6 is 23.7 Å². The van der Waals surface area contributed by atoms with E-state index in [1.165, 1.54) is 60.0 Å². The molecule has 0 aliphatic carbocycles. The minimum atomic E-state index is -0.821. The third-order valence-electron chi connectivity index (χ3n) is 7.34. The first-order chi connectivity index (χ1) is 23.8. The van der Waals surface area contributed by atoms with E-state index in [0.29, 0.717) is 29.1 Å². The molecule has 0 saturated carbocycles. The zero-order chi connectivity index (χ0) is 34.3. The van der Waals surface area contributed by atoms with Crippen LogP contribution in [-0.2, 0) is 11.3 Å². The van der Waals surface area contributed by atoms with Crippen molar-refractivity contribution >= 4 is 45.6 Å². The summed E-state index contributed by atoms with van der Waals surface area (Å²) in [5, 5.41) is 5.85. The maximum absolute atomic E-state index is 15.4. The largest absolute Gasteiger partial charge is 0.493 e. The van der Waals surface area contributed by atoms with Crippen LogP contribution in [0.1, 0.15) is 22.8 Å². The van der Waals surface area contributed by atoms with Crippen molar-refractivity contribution in [1.29, 1.82) is 0 Å². The molecule has 14 heteroatoms. The molecule has 0 unspecified atom stereocenters. The van der Waals surface area contributed by atoms with E-state index in [1.54, 1.807) is 26.3 Å². The Morgan fingerprint density at radius 3 is 2.58 bits per heavy atom. The van der Waals surface area contributed by atoms with Crippen molar-refractivity contribution < 1.29 is 27.8 Å². The van der Waals surface area contributed by atoms with Gasteiger partial charge in [0.2, 0.25) is 0 Å². The number of anilines is 1. The van der Waals surface area contributed by atoms with Gasteiger partial charge in [-0.15, -0.1) is 23.7 Å². The number of ether oxygens (including phenoxy) is 3. The lowest BCUT2D eigenvalue weighted by atomic mass is 10.2. The van der Waals surface area contributed by atoms with Gasteiger partial charge in [-0.1, -0.05) is 12.1 Å². The van der Waals surface area contributed by atoms with Crippen LogP contribution in [0.4, 0.5) is 14.5 Å². The van der Waals surface area contributed by atoms with Crippen LogP contribution in [0.25, 0.3) is 26.5 Å². The highest BCUT2D eigenvalue weighted by Gasteiger charge is 2.21. The Labute approximate surface area is 296 Å². The van der Waals surface area contributed by atoms with E-state index in [0.717, 1.165) is 33.3 Å². The second-order valence-corrected chi connectivity index (χ2v) is 11.8. The van der Waals surface area contributed by atoms with E-state index in [9.17, 15) is 14.0 Å². The number of amides is 1. The Balaban J connectivity index is 0.00000486. The zero-order valence-electron chi connectivity index (χ0n) is 26.9. The van der Waals surface area contributed by atoms with Gasteiger partial charge in [-0.25, -0.2) is 8.78 Å². The van der Waals surface area contributed by atoms with E-state index in [4.69, 9.17) is 14.2 Å². The first-order valence-corrected chi connectivity index (χ1v) is 16.1. The Kier molecular flexibility index (Phi) is 11.9. The molecule has 0 fully saturated rings. The number of hydrogen-bond donors (Lipinski definition) is 2. The van der Waals surface area contributed by atoms with E-state index >= 15 is 4.39 Å². The van der Waals surface area contributed by atoms with E-state index in [2.05, 4.69) is 20.6 Å². The average molecular weight is 720 g/mol. The van der Waals surface area contributed by atoms with Crippen molar-refractivity contribution in [3.63, 3.8) is 0 Å². The van der Waals surface area contributed by atoms with E-state index in [-0.39, 0.29) is 47.5 Å². The molecule has 2 aromatic carbocycles. The normalized spacial score (nSPS) is 10.9. The number of benzene rings is 2. The first kappa shape index (κ1) is 36.1. The molecule has 1 amide bonds. The molecule has 0 saturated heterocycles. The second kappa shape index (κ2) is 16.5. The fraction of sp³-hybridized carbons (Fsp3) is 0.167. The molecular formula is C36H32ClF2N5O5S. The maximum Gasteiger partial charge on any atom is 0.271 e. The minimum Gasteiger partial charge on any atom is -0.493 e. The quantitative estimate of drug-likeness (QED) is 0.119. The predicted molar refractivity (Wildman–Crippen MR) is 191 cm³/mol. The first-order valence-electron chi connectivity index (χ1n) is 15.3. The van der Waals surface area contributed by atoms with Crippen LogP contribution in [0.3, 0.4) is 0 Å². The molecular weight excluding hydrogens is 688 g/mol. The molecule has 0 spiro atoms. The number of carbonyl (C=O) groups excluding carboxylic acids is 1. The van der Waals surface area contributed by atoms with Gasteiger partial charge in [0.15, 0.2) is 11.6 Å². The van der Waals surface area contributed by atoms with E-state index < -0.39 is 23.1 Å². The fourth-order valence-electron chi connectivity index (χ4n) is 5.01. The van der Waals surface area contributed by atoms with E-state index in [1.807, 2.05) is 24.4 Å². The number of fused-ring (bicyclic) bond motifs is 1.